The lowest BCUT2D eigenvalue weighted by Gasteiger charge is -2.19. The summed E-state index contributed by atoms with van der Waals surface area (Å²) in [7, 11) is 0. The van der Waals surface area contributed by atoms with E-state index in [1.807, 2.05) is 6.92 Å². The minimum absolute atomic E-state index is 0.423. The molecule has 0 saturated heterocycles. The first kappa shape index (κ1) is 14.2. The van der Waals surface area contributed by atoms with E-state index in [-0.39, 0.29) is 0 Å². The van der Waals surface area contributed by atoms with Gasteiger partial charge in [-0.15, -0.1) is 0 Å². The Kier molecular flexibility index (Phi) is 4.71. The van der Waals surface area contributed by atoms with Crippen LogP contribution in [0.3, 0.4) is 0 Å². The Labute approximate surface area is 107 Å². The van der Waals surface area contributed by atoms with Crippen LogP contribution in [0.5, 0.6) is 0 Å². The number of aromatic nitrogens is 2. The Morgan fingerprint density at radius 3 is 2.53 bits per heavy atom. The van der Waals surface area contributed by atoms with Crippen molar-refractivity contribution in [2.45, 2.75) is 46.1 Å². The van der Waals surface area contributed by atoms with Crippen molar-refractivity contribution in [2.24, 2.45) is 0 Å². The van der Waals surface area contributed by atoms with E-state index >= 15 is 0 Å². The molecule has 1 aromatic rings. The maximum absolute atomic E-state index is 9.67. The van der Waals surface area contributed by atoms with Crippen LogP contribution in [0.2, 0.25) is 5.15 Å². The van der Waals surface area contributed by atoms with E-state index < -0.39 is 5.60 Å². The molecule has 0 bridgehead atoms. The number of aliphatic hydroxyl groups is 1. The number of nitrogens with one attached hydrogen (secondary N) is 1. The second-order valence-electron chi connectivity index (χ2n) is 4.82. The van der Waals surface area contributed by atoms with Crippen molar-refractivity contribution < 1.29 is 5.11 Å². The van der Waals surface area contributed by atoms with E-state index in [1.54, 1.807) is 13.8 Å². The molecular weight excluding hydrogens is 238 g/mol. The van der Waals surface area contributed by atoms with Gasteiger partial charge in [0, 0.05) is 18.5 Å². The van der Waals surface area contributed by atoms with Crippen LogP contribution in [0.15, 0.2) is 0 Å². The predicted molar refractivity (Wildman–Crippen MR) is 70.6 cm³/mol. The van der Waals surface area contributed by atoms with Crippen LogP contribution in [0.1, 0.15) is 38.6 Å². The summed E-state index contributed by atoms with van der Waals surface area (Å²) in [6.07, 6.45) is 1.78. The Morgan fingerprint density at radius 2 is 2.00 bits per heavy atom. The number of hydrogen-bond acceptors (Lipinski definition) is 4. The second kappa shape index (κ2) is 5.65. The third kappa shape index (κ3) is 4.48. The molecule has 2 N–H and O–H groups in total. The fourth-order valence-corrected chi connectivity index (χ4v) is 1.53. The molecule has 96 valence electrons. The fraction of sp³-hybridized carbons (Fsp3) is 0.667. The number of halogens is 1. The highest BCUT2D eigenvalue weighted by atomic mass is 35.5. The maximum Gasteiger partial charge on any atom is 0.137 e. The molecule has 0 aromatic carbocycles. The van der Waals surface area contributed by atoms with Crippen molar-refractivity contribution in [3.8, 4) is 0 Å². The third-order valence-corrected chi connectivity index (χ3v) is 2.66. The lowest BCUT2D eigenvalue weighted by molar-refractivity contribution is 0.0944. The molecule has 17 heavy (non-hydrogen) atoms. The second-order valence-corrected chi connectivity index (χ2v) is 5.18. The Hall–Kier alpha value is -0.870. The van der Waals surface area contributed by atoms with Crippen LogP contribution in [0.25, 0.3) is 0 Å². The third-order valence-electron chi connectivity index (χ3n) is 2.29. The first-order valence-corrected chi connectivity index (χ1v) is 6.20. The van der Waals surface area contributed by atoms with Crippen LogP contribution < -0.4 is 5.32 Å². The van der Waals surface area contributed by atoms with Gasteiger partial charge in [0.05, 0.1) is 5.60 Å². The standard InChI is InChI=1S/C12H20ClN3O/c1-5-6-9-15-10(13)8(2)11(16-9)14-7-12(3,4)17/h17H,5-7H2,1-4H3,(H,14,15,16). The van der Waals surface area contributed by atoms with Crippen LogP contribution in [0.4, 0.5) is 5.82 Å². The summed E-state index contributed by atoms with van der Waals surface area (Å²) in [6, 6.07) is 0. The lowest BCUT2D eigenvalue weighted by atomic mass is 10.1. The van der Waals surface area contributed by atoms with E-state index in [0.29, 0.717) is 17.5 Å². The number of nitrogens with zero attached hydrogens (tertiary/aromatic N) is 2. The van der Waals surface area contributed by atoms with Crippen molar-refractivity contribution in [3.63, 3.8) is 0 Å². The molecule has 0 fully saturated rings. The number of anilines is 1. The topological polar surface area (TPSA) is 58.0 Å². The lowest BCUT2D eigenvalue weighted by Crippen LogP contribution is -2.30. The van der Waals surface area contributed by atoms with E-state index in [0.717, 1.165) is 24.2 Å². The van der Waals surface area contributed by atoms with Crippen molar-refractivity contribution in [3.05, 3.63) is 16.5 Å². The largest absolute Gasteiger partial charge is 0.389 e. The first-order valence-electron chi connectivity index (χ1n) is 5.82. The van der Waals surface area contributed by atoms with Crippen LogP contribution in [-0.2, 0) is 6.42 Å². The van der Waals surface area contributed by atoms with Crippen molar-refractivity contribution >= 4 is 17.4 Å². The van der Waals surface area contributed by atoms with Gasteiger partial charge in [0.2, 0.25) is 0 Å². The van der Waals surface area contributed by atoms with Gasteiger partial charge >= 0.3 is 0 Å². The first-order chi connectivity index (χ1) is 7.83. The van der Waals surface area contributed by atoms with E-state index in [1.165, 1.54) is 0 Å². The molecule has 0 amide bonds. The van der Waals surface area contributed by atoms with Crippen molar-refractivity contribution in [2.75, 3.05) is 11.9 Å². The summed E-state index contributed by atoms with van der Waals surface area (Å²) in [5.41, 5.74) is 0.0326. The molecule has 0 atom stereocenters. The number of hydrogen-bond donors (Lipinski definition) is 2. The summed E-state index contributed by atoms with van der Waals surface area (Å²) in [5, 5.41) is 13.3. The Morgan fingerprint density at radius 1 is 1.35 bits per heavy atom. The zero-order valence-corrected chi connectivity index (χ0v) is 11.6. The quantitative estimate of drug-likeness (QED) is 0.796. The summed E-state index contributed by atoms with van der Waals surface area (Å²) in [6.45, 7) is 7.84. The van der Waals surface area contributed by atoms with Gasteiger partial charge in [0.1, 0.15) is 16.8 Å². The summed E-state index contributed by atoms with van der Waals surface area (Å²) in [4.78, 5) is 8.63. The Bertz CT molecular complexity index is 388. The highest BCUT2D eigenvalue weighted by Gasteiger charge is 2.14. The van der Waals surface area contributed by atoms with Crippen LogP contribution in [0, 0.1) is 6.92 Å². The molecule has 0 radical (unpaired) electrons. The number of aryl methyl sites for hydroxylation is 1. The monoisotopic (exact) mass is 257 g/mol. The Balaban J connectivity index is 2.89. The molecule has 0 aliphatic rings. The molecule has 1 aromatic heterocycles. The smallest absolute Gasteiger partial charge is 0.137 e. The van der Waals surface area contributed by atoms with E-state index in [2.05, 4.69) is 22.2 Å². The minimum atomic E-state index is -0.783. The zero-order chi connectivity index (χ0) is 13.1. The van der Waals surface area contributed by atoms with Gasteiger partial charge in [0.15, 0.2) is 0 Å². The highest BCUT2D eigenvalue weighted by molar-refractivity contribution is 6.30. The number of rotatable bonds is 5. The minimum Gasteiger partial charge on any atom is -0.389 e. The molecule has 4 nitrogen and oxygen atoms in total. The van der Waals surface area contributed by atoms with Crippen LogP contribution in [-0.4, -0.2) is 27.2 Å². The molecule has 0 spiro atoms. The summed E-state index contributed by atoms with van der Waals surface area (Å²) in [5.74, 6) is 1.44. The van der Waals surface area contributed by atoms with Gasteiger partial charge in [-0.25, -0.2) is 9.97 Å². The molecule has 5 heteroatoms. The van der Waals surface area contributed by atoms with E-state index in [4.69, 9.17) is 11.6 Å². The SMILES string of the molecule is CCCc1nc(Cl)c(C)c(NCC(C)(C)O)n1. The summed E-state index contributed by atoms with van der Waals surface area (Å²) < 4.78 is 0. The molecule has 0 aliphatic heterocycles. The van der Waals surface area contributed by atoms with E-state index in [9.17, 15) is 5.11 Å². The van der Waals surface area contributed by atoms with Gasteiger partial charge in [-0.2, -0.15) is 0 Å². The molecule has 0 saturated carbocycles. The van der Waals surface area contributed by atoms with Gasteiger partial charge in [-0.05, 0) is 27.2 Å². The normalized spacial score (nSPS) is 11.6. The van der Waals surface area contributed by atoms with Gasteiger partial charge < -0.3 is 10.4 Å². The van der Waals surface area contributed by atoms with Crippen molar-refractivity contribution in [1.82, 2.24) is 9.97 Å². The average Bonchev–Trinajstić information content (AvgIpc) is 2.20. The highest BCUT2D eigenvalue weighted by Crippen LogP contribution is 2.20. The molecular formula is C12H20ClN3O. The van der Waals surface area contributed by atoms with Gasteiger partial charge in [-0.1, -0.05) is 18.5 Å². The maximum atomic E-state index is 9.67. The molecule has 0 unspecified atom stereocenters. The molecule has 1 heterocycles. The summed E-state index contributed by atoms with van der Waals surface area (Å²) >= 11 is 6.05. The molecule has 0 aliphatic carbocycles. The van der Waals surface area contributed by atoms with Gasteiger partial charge in [0.25, 0.3) is 0 Å². The van der Waals surface area contributed by atoms with Crippen LogP contribution >= 0.6 is 11.6 Å². The average molecular weight is 258 g/mol. The van der Waals surface area contributed by atoms with Gasteiger partial charge in [-0.3, -0.25) is 0 Å². The fourth-order valence-electron chi connectivity index (χ4n) is 1.34. The predicted octanol–water partition coefficient (Wildman–Crippen LogP) is 2.57. The zero-order valence-electron chi connectivity index (χ0n) is 10.8. The molecule has 1 rings (SSSR count). The van der Waals surface area contributed by atoms with Crippen molar-refractivity contribution in [1.29, 1.82) is 0 Å².